The van der Waals surface area contributed by atoms with E-state index in [0.717, 1.165) is 5.06 Å². The highest BCUT2D eigenvalue weighted by Gasteiger charge is 2.56. The van der Waals surface area contributed by atoms with E-state index in [2.05, 4.69) is 0 Å². The number of benzene rings is 2. The molecule has 2 aromatic carbocycles. The van der Waals surface area contributed by atoms with E-state index < -0.39 is 44.7 Å². The Kier molecular flexibility index (Phi) is 10.9. The van der Waals surface area contributed by atoms with Crippen LogP contribution in [0, 0.1) is 0 Å². The number of phenolic OH excluding ortho intramolecular Hbond substituents is 2. The van der Waals surface area contributed by atoms with Gasteiger partial charge in [0, 0.05) is 0 Å². The first-order valence-corrected chi connectivity index (χ1v) is 16.2. The third-order valence-electron chi connectivity index (χ3n) is 8.77. The second-order valence-corrected chi connectivity index (χ2v) is 16.7. The molecule has 46 heavy (non-hydrogen) atoms. The number of carbonyl (C=O) groups is 2. The minimum atomic E-state index is -1.97. The van der Waals surface area contributed by atoms with Crippen molar-refractivity contribution < 1.29 is 34.5 Å². The first-order chi connectivity index (χ1) is 20.6. The summed E-state index contributed by atoms with van der Waals surface area (Å²) in [5.74, 6) is -1.36. The van der Waals surface area contributed by atoms with E-state index in [-0.39, 0.29) is 24.7 Å². The van der Waals surface area contributed by atoms with Crippen molar-refractivity contribution in [2.45, 2.75) is 144 Å². The van der Waals surface area contributed by atoms with Crippen LogP contribution in [0.2, 0.25) is 0 Å². The van der Waals surface area contributed by atoms with Crippen LogP contribution in [0.5, 0.6) is 11.5 Å². The lowest BCUT2D eigenvalue weighted by Crippen LogP contribution is -2.61. The summed E-state index contributed by atoms with van der Waals surface area (Å²) in [7, 11) is 0. The second-order valence-electron chi connectivity index (χ2n) is 16.7. The van der Waals surface area contributed by atoms with Gasteiger partial charge in [0.1, 0.15) is 11.5 Å². The number of aromatic hydroxyl groups is 2. The van der Waals surface area contributed by atoms with Crippen molar-refractivity contribution in [3.63, 3.8) is 0 Å². The number of ether oxygens (including phenoxy) is 2. The van der Waals surface area contributed by atoms with Crippen LogP contribution in [-0.4, -0.2) is 45.6 Å². The minimum Gasteiger partial charge on any atom is -0.507 e. The van der Waals surface area contributed by atoms with Crippen molar-refractivity contribution in [1.29, 1.82) is 0 Å². The van der Waals surface area contributed by atoms with Gasteiger partial charge in [-0.3, -0.25) is 0 Å². The molecule has 0 aliphatic carbocycles. The smallest absolute Gasteiger partial charge is 0.333 e. The summed E-state index contributed by atoms with van der Waals surface area (Å²) >= 11 is 0. The zero-order valence-electron chi connectivity index (χ0n) is 31.1. The van der Waals surface area contributed by atoms with Gasteiger partial charge >= 0.3 is 11.9 Å². The monoisotopic (exact) mass is 641 g/mol. The highest BCUT2D eigenvalue weighted by molar-refractivity contribution is 5.87. The fraction of sp³-hybridized carbons (Fsp3) is 0.632. The predicted octanol–water partition coefficient (Wildman–Crippen LogP) is 8.24. The molecule has 0 aliphatic rings. The van der Waals surface area contributed by atoms with Gasteiger partial charge in [-0.15, -0.1) is 5.06 Å². The maximum absolute atomic E-state index is 14.2. The van der Waals surface area contributed by atoms with Gasteiger partial charge in [0.25, 0.3) is 0 Å². The zero-order chi connectivity index (χ0) is 36.0. The second kappa shape index (κ2) is 12.8. The summed E-state index contributed by atoms with van der Waals surface area (Å²) in [6.07, 6.45) is 0. The topological polar surface area (TPSA) is 117 Å². The van der Waals surface area contributed by atoms with Crippen molar-refractivity contribution in [2.24, 2.45) is 0 Å². The van der Waals surface area contributed by atoms with Crippen LogP contribution in [0.25, 0.3) is 0 Å². The van der Waals surface area contributed by atoms with E-state index >= 15 is 0 Å². The van der Waals surface area contributed by atoms with Crippen LogP contribution in [0.15, 0.2) is 24.3 Å². The van der Waals surface area contributed by atoms with Crippen LogP contribution in [0.3, 0.4) is 0 Å². The number of phenols is 2. The number of carbonyl (C=O) groups excluding carboxylic acids is 2. The molecule has 2 rings (SSSR count). The first kappa shape index (κ1) is 39.1. The van der Waals surface area contributed by atoms with E-state index in [1.54, 1.807) is 38.1 Å². The normalized spacial score (nSPS) is 15.7. The Hall–Kier alpha value is -3.10. The molecule has 0 aliphatic heterocycles. The fourth-order valence-electron chi connectivity index (χ4n) is 5.76. The number of rotatable bonds is 8. The minimum absolute atomic E-state index is 0.0241. The number of nitrogens with zero attached hydrogens (tertiary/aromatic N) is 1. The summed E-state index contributed by atoms with van der Waals surface area (Å²) in [6, 6.07) is 6.81. The molecule has 0 radical (unpaired) electrons. The SMILES string of the molecule is CCOC(=O)C(C)(c1cc(C(C)(C)C)c(O)c(C(C)(C)C)c1)N(O)C(C)(C(=O)OCC)c1cc(C(C)(C)C)c(O)c(C(C)(C)C)c1. The van der Waals surface area contributed by atoms with Crippen molar-refractivity contribution in [2.75, 3.05) is 13.2 Å². The molecular formula is C38H59NO7. The molecule has 0 saturated carbocycles. The molecule has 8 nitrogen and oxygen atoms in total. The average Bonchev–Trinajstić information content (AvgIpc) is 2.89. The number of hydrogen-bond acceptors (Lipinski definition) is 8. The summed E-state index contributed by atoms with van der Waals surface area (Å²) < 4.78 is 11.2. The predicted molar refractivity (Wildman–Crippen MR) is 183 cm³/mol. The maximum atomic E-state index is 14.2. The molecule has 2 unspecified atom stereocenters. The van der Waals surface area contributed by atoms with Gasteiger partial charge in [-0.1, -0.05) is 83.1 Å². The lowest BCUT2D eigenvalue weighted by molar-refractivity contribution is -0.251. The molecule has 8 heteroatoms. The van der Waals surface area contributed by atoms with Gasteiger partial charge in [0.2, 0.25) is 0 Å². The lowest BCUT2D eigenvalue weighted by atomic mass is 9.73. The summed E-state index contributed by atoms with van der Waals surface area (Å²) in [4.78, 5) is 28.4. The van der Waals surface area contributed by atoms with Gasteiger partial charge in [0.05, 0.1) is 13.2 Å². The number of esters is 2. The largest absolute Gasteiger partial charge is 0.507 e. The highest BCUT2D eigenvalue weighted by atomic mass is 16.6. The van der Waals surface area contributed by atoms with E-state index in [1.807, 2.05) is 83.1 Å². The Morgan fingerprint density at radius 3 is 0.935 bits per heavy atom. The average molecular weight is 642 g/mol. The summed E-state index contributed by atoms with van der Waals surface area (Å²) in [5.41, 5.74) is -3.12. The van der Waals surface area contributed by atoms with Gasteiger partial charge in [-0.25, -0.2) is 9.59 Å². The molecule has 0 bridgehead atoms. The van der Waals surface area contributed by atoms with E-state index in [0.29, 0.717) is 33.4 Å². The van der Waals surface area contributed by atoms with Gasteiger partial charge in [-0.05, 0) is 107 Å². The summed E-state index contributed by atoms with van der Waals surface area (Å²) in [5, 5.41) is 36.3. The molecule has 0 fully saturated rings. The van der Waals surface area contributed by atoms with Gasteiger partial charge in [-0.2, -0.15) is 0 Å². The zero-order valence-corrected chi connectivity index (χ0v) is 31.1. The van der Waals surface area contributed by atoms with Crippen LogP contribution in [0.4, 0.5) is 0 Å². The van der Waals surface area contributed by atoms with E-state index in [1.165, 1.54) is 13.8 Å². The Morgan fingerprint density at radius 1 is 0.543 bits per heavy atom. The van der Waals surface area contributed by atoms with Gasteiger partial charge < -0.3 is 24.9 Å². The molecular weight excluding hydrogens is 582 g/mol. The highest BCUT2D eigenvalue weighted by Crippen LogP contribution is 2.48. The number of hydroxylamine groups is 2. The molecule has 0 heterocycles. The van der Waals surface area contributed by atoms with E-state index in [9.17, 15) is 25.0 Å². The molecule has 0 saturated heterocycles. The number of hydrogen-bond donors (Lipinski definition) is 3. The maximum Gasteiger partial charge on any atom is 0.333 e. The molecule has 258 valence electrons. The first-order valence-electron chi connectivity index (χ1n) is 16.2. The van der Waals surface area contributed by atoms with Crippen LogP contribution in [-0.2, 0) is 51.8 Å². The van der Waals surface area contributed by atoms with Crippen molar-refractivity contribution in [3.05, 3.63) is 57.6 Å². The van der Waals surface area contributed by atoms with E-state index in [4.69, 9.17) is 9.47 Å². The molecule has 2 atom stereocenters. The van der Waals surface area contributed by atoms with Crippen LogP contribution >= 0.6 is 0 Å². The van der Waals surface area contributed by atoms with Crippen LogP contribution < -0.4 is 0 Å². The Bertz CT molecular complexity index is 1270. The molecule has 0 spiro atoms. The third kappa shape index (κ3) is 7.23. The Labute approximate surface area is 277 Å². The molecule has 3 N–H and O–H groups in total. The quantitative estimate of drug-likeness (QED) is 0.195. The molecule has 2 aromatic rings. The van der Waals surface area contributed by atoms with Crippen molar-refractivity contribution >= 4 is 11.9 Å². The lowest BCUT2D eigenvalue weighted by Gasteiger charge is -2.45. The third-order valence-corrected chi connectivity index (χ3v) is 8.77. The summed E-state index contributed by atoms with van der Waals surface area (Å²) in [6.45, 7) is 29.9. The Morgan fingerprint density at radius 2 is 0.761 bits per heavy atom. The Balaban J connectivity index is 3.23. The molecule has 0 amide bonds. The van der Waals surface area contributed by atoms with Crippen molar-refractivity contribution in [1.82, 2.24) is 5.06 Å². The standard InChI is InChI=1S/C38H59NO7/c1-17-45-31(42)37(15,23-19-25(33(3,4)5)29(40)26(20-23)34(6,7)8)39(44)38(16,32(43)46-18-2)24-21-27(35(9,10)11)30(41)28(22-24)36(12,13)14/h19-22,40-41,44H,17-18H2,1-16H3. The van der Waals surface area contributed by atoms with Crippen molar-refractivity contribution in [3.8, 4) is 11.5 Å². The van der Waals surface area contributed by atoms with Gasteiger partial charge in [0.15, 0.2) is 11.1 Å². The fourth-order valence-corrected chi connectivity index (χ4v) is 5.76. The van der Waals surface area contributed by atoms with Crippen LogP contribution in [0.1, 0.15) is 144 Å². The molecule has 0 aromatic heterocycles.